The van der Waals surface area contributed by atoms with E-state index in [1.54, 1.807) is 12.1 Å². The Bertz CT molecular complexity index is 856. The van der Waals surface area contributed by atoms with Crippen molar-refractivity contribution in [3.63, 3.8) is 0 Å². The van der Waals surface area contributed by atoms with Crippen molar-refractivity contribution in [2.45, 2.75) is 38.0 Å². The molecular weight excluding hydrogens is 386 g/mol. The number of hydrogen-bond donors (Lipinski definition) is 3. The van der Waals surface area contributed by atoms with Gasteiger partial charge >= 0.3 is 0 Å². The van der Waals surface area contributed by atoms with Crippen molar-refractivity contribution in [1.82, 2.24) is 16.2 Å². The molecule has 0 fully saturated rings. The SMILES string of the molecule is Cc1ccc(SCC(=O)NNC(=O)CNC(=O)c2ccc(C(C)(C)C)cc2)cc1. The van der Waals surface area contributed by atoms with E-state index in [4.69, 9.17) is 0 Å². The van der Waals surface area contributed by atoms with E-state index in [9.17, 15) is 14.4 Å². The van der Waals surface area contributed by atoms with Crippen LogP contribution in [-0.4, -0.2) is 30.0 Å². The average Bonchev–Trinajstić information content (AvgIpc) is 2.69. The van der Waals surface area contributed by atoms with Gasteiger partial charge < -0.3 is 5.32 Å². The van der Waals surface area contributed by atoms with Gasteiger partial charge in [0.05, 0.1) is 12.3 Å². The standard InChI is InChI=1S/C22H27N3O3S/c1-15-5-11-18(12-6-15)29-14-20(27)25-24-19(26)13-23-21(28)16-7-9-17(10-8-16)22(2,3)4/h5-12H,13-14H2,1-4H3,(H,23,28)(H,24,26)(H,25,27). The Labute approximate surface area is 175 Å². The van der Waals surface area contributed by atoms with E-state index in [1.165, 1.54) is 11.8 Å². The molecule has 0 radical (unpaired) electrons. The van der Waals surface area contributed by atoms with Crippen molar-refractivity contribution in [2.24, 2.45) is 0 Å². The number of hydrazine groups is 1. The minimum absolute atomic E-state index is 0.00480. The Hall–Kier alpha value is -2.80. The van der Waals surface area contributed by atoms with Gasteiger partial charge in [-0.25, -0.2) is 0 Å². The minimum Gasteiger partial charge on any atom is -0.343 e. The quantitative estimate of drug-likeness (QED) is 0.502. The molecule has 7 heteroatoms. The molecule has 0 aliphatic rings. The van der Waals surface area contributed by atoms with Gasteiger partial charge in [-0.05, 0) is 42.2 Å². The van der Waals surface area contributed by atoms with E-state index in [0.717, 1.165) is 16.0 Å². The molecular formula is C22H27N3O3S. The molecule has 0 aromatic heterocycles. The number of amides is 3. The second kappa shape index (κ2) is 10.1. The van der Waals surface area contributed by atoms with Gasteiger partial charge in [-0.2, -0.15) is 0 Å². The van der Waals surface area contributed by atoms with Crippen molar-refractivity contribution in [3.05, 3.63) is 65.2 Å². The van der Waals surface area contributed by atoms with Crippen LogP contribution < -0.4 is 16.2 Å². The third-order valence-corrected chi connectivity index (χ3v) is 5.17. The third kappa shape index (κ3) is 7.62. The Morgan fingerprint density at radius 1 is 0.862 bits per heavy atom. The molecule has 0 spiro atoms. The van der Waals surface area contributed by atoms with Crippen LogP contribution in [0.4, 0.5) is 0 Å². The Kier molecular flexibility index (Phi) is 7.84. The number of rotatable bonds is 6. The van der Waals surface area contributed by atoms with Crippen molar-refractivity contribution < 1.29 is 14.4 Å². The lowest BCUT2D eigenvalue weighted by Crippen LogP contribution is -2.46. The fourth-order valence-corrected chi connectivity index (χ4v) is 3.09. The molecule has 3 amide bonds. The van der Waals surface area contributed by atoms with E-state index in [-0.39, 0.29) is 29.5 Å². The second-order valence-electron chi connectivity index (χ2n) is 7.71. The molecule has 154 valence electrons. The predicted octanol–water partition coefficient (Wildman–Crippen LogP) is 2.96. The smallest absolute Gasteiger partial charge is 0.257 e. The topological polar surface area (TPSA) is 87.3 Å². The highest BCUT2D eigenvalue weighted by Crippen LogP contribution is 2.22. The summed E-state index contributed by atoms with van der Waals surface area (Å²) >= 11 is 1.37. The maximum absolute atomic E-state index is 12.1. The zero-order valence-electron chi connectivity index (χ0n) is 17.2. The van der Waals surface area contributed by atoms with Gasteiger partial charge in [-0.3, -0.25) is 25.2 Å². The first-order chi connectivity index (χ1) is 13.6. The summed E-state index contributed by atoms with van der Waals surface area (Å²) in [5, 5.41) is 2.54. The van der Waals surface area contributed by atoms with Crippen molar-refractivity contribution in [2.75, 3.05) is 12.3 Å². The van der Waals surface area contributed by atoms with Crippen LogP contribution in [0.15, 0.2) is 53.4 Å². The molecule has 6 nitrogen and oxygen atoms in total. The van der Waals surface area contributed by atoms with Crippen LogP contribution in [0.25, 0.3) is 0 Å². The van der Waals surface area contributed by atoms with E-state index >= 15 is 0 Å². The van der Waals surface area contributed by atoms with Crippen LogP contribution >= 0.6 is 11.8 Å². The first kappa shape index (κ1) is 22.5. The van der Waals surface area contributed by atoms with Gasteiger partial charge in [-0.1, -0.05) is 50.6 Å². The van der Waals surface area contributed by atoms with Crippen molar-refractivity contribution >= 4 is 29.5 Å². The van der Waals surface area contributed by atoms with E-state index in [2.05, 4.69) is 36.9 Å². The lowest BCUT2D eigenvalue weighted by molar-refractivity contribution is -0.127. The van der Waals surface area contributed by atoms with Gasteiger partial charge in [0.15, 0.2) is 0 Å². The largest absolute Gasteiger partial charge is 0.343 e. The molecule has 0 atom stereocenters. The number of carbonyl (C=O) groups is 3. The van der Waals surface area contributed by atoms with E-state index in [0.29, 0.717) is 5.56 Å². The molecule has 0 saturated carbocycles. The highest BCUT2D eigenvalue weighted by Gasteiger charge is 2.14. The predicted molar refractivity (Wildman–Crippen MR) is 116 cm³/mol. The molecule has 29 heavy (non-hydrogen) atoms. The number of thioether (sulfide) groups is 1. The number of nitrogens with one attached hydrogen (secondary N) is 3. The number of aryl methyl sites for hydroxylation is 1. The molecule has 0 aliphatic heterocycles. The normalized spacial score (nSPS) is 10.9. The van der Waals surface area contributed by atoms with Crippen molar-refractivity contribution in [3.8, 4) is 0 Å². The summed E-state index contributed by atoms with van der Waals surface area (Å²) in [6.45, 7) is 8.06. The molecule has 2 aromatic carbocycles. The average molecular weight is 414 g/mol. The summed E-state index contributed by atoms with van der Waals surface area (Å²) < 4.78 is 0. The molecule has 0 saturated heterocycles. The second-order valence-corrected chi connectivity index (χ2v) is 8.76. The Morgan fingerprint density at radius 3 is 2.03 bits per heavy atom. The van der Waals surface area contributed by atoms with Gasteiger partial charge in [0.2, 0.25) is 5.91 Å². The van der Waals surface area contributed by atoms with Crippen LogP contribution in [0, 0.1) is 6.92 Å². The highest BCUT2D eigenvalue weighted by molar-refractivity contribution is 8.00. The zero-order valence-corrected chi connectivity index (χ0v) is 18.0. The zero-order chi connectivity index (χ0) is 21.4. The van der Waals surface area contributed by atoms with E-state index in [1.807, 2.05) is 43.3 Å². The molecule has 0 bridgehead atoms. The van der Waals surface area contributed by atoms with Crippen LogP contribution in [-0.2, 0) is 15.0 Å². The molecule has 2 aromatic rings. The molecule has 0 heterocycles. The minimum atomic E-state index is -0.502. The third-order valence-electron chi connectivity index (χ3n) is 4.15. The van der Waals surface area contributed by atoms with Gasteiger partial charge in [0.1, 0.15) is 0 Å². The Balaban J connectivity index is 1.70. The summed E-state index contributed by atoms with van der Waals surface area (Å²) in [4.78, 5) is 36.8. The number of carbonyl (C=O) groups excluding carboxylic acids is 3. The summed E-state index contributed by atoms with van der Waals surface area (Å²) in [5.41, 5.74) is 7.39. The monoisotopic (exact) mass is 413 g/mol. The summed E-state index contributed by atoms with van der Waals surface area (Å²) in [7, 11) is 0. The molecule has 3 N–H and O–H groups in total. The fraction of sp³-hybridized carbons (Fsp3) is 0.318. The van der Waals surface area contributed by atoms with Crippen molar-refractivity contribution in [1.29, 1.82) is 0 Å². The number of benzene rings is 2. The molecule has 0 aliphatic carbocycles. The summed E-state index contributed by atoms with van der Waals surface area (Å²) in [6, 6.07) is 15.1. The Morgan fingerprint density at radius 2 is 1.45 bits per heavy atom. The van der Waals surface area contributed by atoms with Crippen LogP contribution in [0.5, 0.6) is 0 Å². The van der Waals surface area contributed by atoms with Crippen LogP contribution in [0.1, 0.15) is 42.3 Å². The highest BCUT2D eigenvalue weighted by atomic mass is 32.2. The van der Waals surface area contributed by atoms with Crippen LogP contribution in [0.2, 0.25) is 0 Å². The van der Waals surface area contributed by atoms with E-state index < -0.39 is 5.91 Å². The lowest BCUT2D eigenvalue weighted by Gasteiger charge is -2.19. The summed E-state index contributed by atoms with van der Waals surface area (Å²) in [6.07, 6.45) is 0. The number of hydrogen-bond acceptors (Lipinski definition) is 4. The van der Waals surface area contributed by atoms with Crippen LogP contribution in [0.3, 0.4) is 0 Å². The van der Waals surface area contributed by atoms with Gasteiger partial charge in [-0.15, -0.1) is 11.8 Å². The summed E-state index contributed by atoms with van der Waals surface area (Å²) in [5.74, 6) is -0.997. The molecule has 0 unspecified atom stereocenters. The first-order valence-corrected chi connectivity index (χ1v) is 10.3. The van der Waals surface area contributed by atoms with Gasteiger partial charge in [0.25, 0.3) is 11.8 Å². The van der Waals surface area contributed by atoms with Gasteiger partial charge in [0, 0.05) is 10.5 Å². The molecule has 2 rings (SSSR count). The lowest BCUT2D eigenvalue weighted by atomic mass is 9.87. The first-order valence-electron chi connectivity index (χ1n) is 9.31. The maximum Gasteiger partial charge on any atom is 0.257 e. The fourth-order valence-electron chi connectivity index (χ4n) is 2.39. The maximum atomic E-state index is 12.1.